The van der Waals surface area contributed by atoms with Crippen LogP contribution in [0.2, 0.25) is 0 Å². The second-order valence-corrected chi connectivity index (χ2v) is 4.69. The van der Waals surface area contributed by atoms with Gasteiger partial charge >= 0.3 is 6.61 Å². The molecule has 1 aliphatic rings. The van der Waals surface area contributed by atoms with Crippen LogP contribution in [0.25, 0.3) is 0 Å². The largest absolute Gasteiger partial charge is 0.435 e. The summed E-state index contributed by atoms with van der Waals surface area (Å²) in [6.45, 7) is 0.264. The van der Waals surface area contributed by atoms with Gasteiger partial charge in [-0.25, -0.2) is 0 Å². The van der Waals surface area contributed by atoms with Gasteiger partial charge in [-0.1, -0.05) is 12.1 Å². The van der Waals surface area contributed by atoms with E-state index in [0.717, 1.165) is 25.1 Å². The molecule has 0 bridgehead atoms. The van der Waals surface area contributed by atoms with Crippen LogP contribution in [0.5, 0.6) is 5.75 Å². The van der Waals surface area contributed by atoms with E-state index in [9.17, 15) is 8.78 Å². The lowest BCUT2D eigenvalue weighted by Gasteiger charge is -2.33. The van der Waals surface area contributed by atoms with E-state index in [4.69, 9.17) is 9.84 Å². The summed E-state index contributed by atoms with van der Waals surface area (Å²) in [6, 6.07) is 6.62. The summed E-state index contributed by atoms with van der Waals surface area (Å²) in [7, 11) is 0. The van der Waals surface area contributed by atoms with Crippen molar-refractivity contribution in [3.8, 4) is 5.75 Å². The molecule has 0 amide bonds. The van der Waals surface area contributed by atoms with Crippen molar-refractivity contribution in [2.24, 2.45) is 0 Å². The minimum absolute atomic E-state index is 0.147. The molecule has 0 radical (unpaired) electrons. The molecule has 0 saturated carbocycles. The Morgan fingerprint density at radius 3 is 3.05 bits per heavy atom. The van der Waals surface area contributed by atoms with Crippen molar-refractivity contribution in [1.29, 1.82) is 0 Å². The summed E-state index contributed by atoms with van der Waals surface area (Å²) < 4.78 is 34.5. The van der Waals surface area contributed by atoms with Crippen molar-refractivity contribution in [3.63, 3.8) is 0 Å². The Bertz CT molecular complexity index is 417. The van der Waals surface area contributed by atoms with Crippen LogP contribution in [-0.2, 0) is 4.74 Å². The Hall–Kier alpha value is -1.24. The number of alkyl halides is 2. The van der Waals surface area contributed by atoms with Crippen molar-refractivity contribution in [2.45, 2.75) is 19.1 Å². The topological polar surface area (TPSA) is 41.9 Å². The molecule has 1 aromatic carbocycles. The molecule has 112 valence electrons. The number of morpholine rings is 1. The van der Waals surface area contributed by atoms with Crippen molar-refractivity contribution in [2.75, 3.05) is 32.8 Å². The van der Waals surface area contributed by atoms with E-state index in [1.807, 2.05) is 6.07 Å². The van der Waals surface area contributed by atoms with E-state index in [2.05, 4.69) is 9.64 Å². The highest BCUT2D eigenvalue weighted by molar-refractivity contribution is 5.30. The van der Waals surface area contributed by atoms with E-state index < -0.39 is 6.61 Å². The molecule has 0 aromatic heterocycles. The average molecular weight is 287 g/mol. The van der Waals surface area contributed by atoms with Gasteiger partial charge in [-0.05, 0) is 24.1 Å². The molecule has 6 heteroatoms. The first-order chi connectivity index (χ1) is 9.69. The SMILES string of the molecule is OCCCN1CCOC(c2cccc(OC(F)F)c2)C1. The van der Waals surface area contributed by atoms with Crippen LogP contribution in [0.3, 0.4) is 0 Å². The molecule has 1 saturated heterocycles. The summed E-state index contributed by atoms with van der Waals surface area (Å²) in [5.74, 6) is 0.147. The zero-order valence-electron chi connectivity index (χ0n) is 11.2. The third-order valence-electron chi connectivity index (χ3n) is 3.24. The van der Waals surface area contributed by atoms with E-state index in [-0.39, 0.29) is 18.5 Å². The first-order valence-corrected chi connectivity index (χ1v) is 6.68. The zero-order valence-corrected chi connectivity index (χ0v) is 11.2. The predicted molar refractivity (Wildman–Crippen MR) is 69.9 cm³/mol. The normalized spacial score (nSPS) is 20.3. The van der Waals surface area contributed by atoms with Gasteiger partial charge in [-0.3, -0.25) is 4.90 Å². The van der Waals surface area contributed by atoms with Gasteiger partial charge in [-0.2, -0.15) is 8.78 Å². The Morgan fingerprint density at radius 2 is 2.30 bits per heavy atom. The number of benzene rings is 1. The van der Waals surface area contributed by atoms with Crippen LogP contribution in [0.15, 0.2) is 24.3 Å². The summed E-state index contributed by atoms with van der Waals surface area (Å²) in [6.07, 6.45) is 0.574. The number of halogens is 2. The van der Waals surface area contributed by atoms with Gasteiger partial charge in [0, 0.05) is 26.2 Å². The third kappa shape index (κ3) is 4.40. The molecule has 1 atom stereocenters. The van der Waals surface area contributed by atoms with E-state index in [1.54, 1.807) is 12.1 Å². The van der Waals surface area contributed by atoms with Crippen molar-refractivity contribution >= 4 is 0 Å². The van der Waals surface area contributed by atoms with Crippen LogP contribution in [0.4, 0.5) is 8.78 Å². The minimum atomic E-state index is -2.82. The Morgan fingerprint density at radius 1 is 1.45 bits per heavy atom. The summed E-state index contributed by atoms with van der Waals surface area (Å²) >= 11 is 0. The number of aliphatic hydroxyl groups is 1. The van der Waals surface area contributed by atoms with Crippen molar-refractivity contribution in [3.05, 3.63) is 29.8 Å². The molecular weight excluding hydrogens is 268 g/mol. The average Bonchev–Trinajstić information content (AvgIpc) is 2.45. The maximum atomic E-state index is 12.2. The maximum Gasteiger partial charge on any atom is 0.387 e. The summed E-state index contributed by atoms with van der Waals surface area (Å²) in [5, 5.41) is 8.85. The van der Waals surface area contributed by atoms with Crippen LogP contribution >= 0.6 is 0 Å². The number of rotatable bonds is 6. The number of aliphatic hydroxyl groups excluding tert-OH is 1. The number of hydrogen-bond acceptors (Lipinski definition) is 4. The van der Waals surface area contributed by atoms with Gasteiger partial charge in [0.05, 0.1) is 12.7 Å². The monoisotopic (exact) mass is 287 g/mol. The van der Waals surface area contributed by atoms with Crippen LogP contribution in [0, 0.1) is 0 Å². The number of nitrogens with zero attached hydrogens (tertiary/aromatic N) is 1. The quantitative estimate of drug-likeness (QED) is 0.869. The highest BCUT2D eigenvalue weighted by Gasteiger charge is 2.22. The fourth-order valence-electron chi connectivity index (χ4n) is 2.29. The van der Waals surface area contributed by atoms with Crippen molar-refractivity contribution in [1.82, 2.24) is 4.90 Å². The molecule has 1 fully saturated rings. The third-order valence-corrected chi connectivity index (χ3v) is 3.24. The van der Waals surface area contributed by atoms with Gasteiger partial charge in [0.1, 0.15) is 5.75 Å². The van der Waals surface area contributed by atoms with Crippen LogP contribution in [0.1, 0.15) is 18.1 Å². The number of hydrogen-bond donors (Lipinski definition) is 1. The first-order valence-electron chi connectivity index (χ1n) is 6.68. The van der Waals surface area contributed by atoms with Gasteiger partial charge < -0.3 is 14.6 Å². The molecule has 0 aliphatic carbocycles. The van der Waals surface area contributed by atoms with Gasteiger partial charge in [0.2, 0.25) is 0 Å². The zero-order chi connectivity index (χ0) is 14.4. The van der Waals surface area contributed by atoms with Crippen LogP contribution < -0.4 is 4.74 Å². The standard InChI is InChI=1S/C14H19F2NO3/c15-14(16)20-12-4-1-3-11(9-12)13-10-17(5-2-7-18)6-8-19-13/h1,3-4,9,13-14,18H,2,5-8,10H2. The van der Waals surface area contributed by atoms with Crippen LogP contribution in [-0.4, -0.2) is 49.5 Å². The smallest absolute Gasteiger partial charge is 0.387 e. The van der Waals surface area contributed by atoms with E-state index in [0.29, 0.717) is 13.2 Å². The predicted octanol–water partition coefficient (Wildman–Crippen LogP) is 2.04. The Balaban J connectivity index is 1.99. The van der Waals surface area contributed by atoms with Gasteiger partial charge in [-0.15, -0.1) is 0 Å². The lowest BCUT2D eigenvalue weighted by atomic mass is 10.1. The highest BCUT2D eigenvalue weighted by Crippen LogP contribution is 2.26. The molecule has 1 heterocycles. The highest BCUT2D eigenvalue weighted by atomic mass is 19.3. The fraction of sp³-hybridized carbons (Fsp3) is 0.571. The van der Waals surface area contributed by atoms with Gasteiger partial charge in [0.25, 0.3) is 0 Å². The molecule has 1 aromatic rings. The molecule has 20 heavy (non-hydrogen) atoms. The van der Waals surface area contributed by atoms with Gasteiger partial charge in [0.15, 0.2) is 0 Å². The minimum Gasteiger partial charge on any atom is -0.435 e. The lowest BCUT2D eigenvalue weighted by Crippen LogP contribution is -2.39. The Kier molecular flexibility index (Phi) is 5.70. The van der Waals surface area contributed by atoms with E-state index in [1.165, 1.54) is 6.07 Å². The maximum absolute atomic E-state index is 12.2. The molecule has 2 rings (SSSR count). The second kappa shape index (κ2) is 7.52. The lowest BCUT2D eigenvalue weighted by molar-refractivity contribution is -0.0508. The van der Waals surface area contributed by atoms with E-state index >= 15 is 0 Å². The summed E-state index contributed by atoms with van der Waals surface area (Å²) in [4.78, 5) is 2.20. The van der Waals surface area contributed by atoms with Crippen molar-refractivity contribution < 1.29 is 23.4 Å². The second-order valence-electron chi connectivity index (χ2n) is 4.69. The molecule has 4 nitrogen and oxygen atoms in total. The first kappa shape index (κ1) is 15.2. The fourth-order valence-corrected chi connectivity index (χ4v) is 2.29. The Labute approximate surface area is 116 Å². The summed E-state index contributed by atoms with van der Waals surface area (Å²) in [5.41, 5.74) is 0.830. The molecule has 0 spiro atoms. The molecule has 1 unspecified atom stereocenters. The molecule has 1 N–H and O–H groups in total. The molecular formula is C14H19F2NO3. The number of ether oxygens (including phenoxy) is 2. The molecule has 1 aliphatic heterocycles.